The number of nitrogens with one attached hydrogen (secondary N) is 1. The second-order valence-electron chi connectivity index (χ2n) is 7.85. The molecule has 0 aromatic heterocycles. The number of benzene rings is 3. The number of imide groups is 1. The first-order valence-corrected chi connectivity index (χ1v) is 10.8. The molecular weight excluding hydrogens is 438 g/mol. The molecule has 7 heteroatoms. The van der Waals surface area contributed by atoms with Gasteiger partial charge < -0.3 is 15.0 Å². The van der Waals surface area contributed by atoms with E-state index in [4.69, 9.17) is 16.3 Å². The third kappa shape index (κ3) is 4.05. The first kappa shape index (κ1) is 22.4. The monoisotopic (exact) mass is 461 g/mol. The van der Waals surface area contributed by atoms with Gasteiger partial charge in [-0.05, 0) is 48.9 Å². The van der Waals surface area contributed by atoms with Crippen molar-refractivity contribution in [3.63, 3.8) is 0 Å². The lowest BCUT2D eigenvalue weighted by molar-refractivity contribution is -0.120. The van der Waals surface area contributed by atoms with Crippen molar-refractivity contribution in [2.24, 2.45) is 0 Å². The molecule has 1 aliphatic rings. The first-order valence-electron chi connectivity index (χ1n) is 10.4. The van der Waals surface area contributed by atoms with E-state index in [-0.39, 0.29) is 11.3 Å². The maximum Gasteiger partial charge on any atom is 0.282 e. The Kier molecular flexibility index (Phi) is 6.11. The van der Waals surface area contributed by atoms with E-state index < -0.39 is 11.8 Å². The number of amides is 2. The van der Waals surface area contributed by atoms with E-state index in [1.165, 1.54) is 12.0 Å². The molecule has 168 valence electrons. The molecule has 1 N–H and O–H groups in total. The van der Waals surface area contributed by atoms with E-state index in [2.05, 4.69) is 5.32 Å². The number of nitrogens with zero attached hydrogens (tertiary/aromatic N) is 2. The van der Waals surface area contributed by atoms with Crippen molar-refractivity contribution in [2.75, 3.05) is 36.3 Å². The number of para-hydroxylation sites is 1. The van der Waals surface area contributed by atoms with Gasteiger partial charge in [-0.1, -0.05) is 41.9 Å². The molecule has 1 heterocycles. The number of carbonyl (C=O) groups excluding carboxylic acids is 2. The highest BCUT2D eigenvalue weighted by atomic mass is 35.5. The molecule has 0 atom stereocenters. The molecular formula is C26H24ClN3O3. The van der Waals surface area contributed by atoms with Crippen molar-refractivity contribution < 1.29 is 14.3 Å². The van der Waals surface area contributed by atoms with Crippen LogP contribution in [0.15, 0.2) is 72.4 Å². The molecule has 0 radical (unpaired) electrons. The number of hydrogen-bond acceptors (Lipinski definition) is 5. The fraction of sp³-hybridized carbons (Fsp3) is 0.154. The van der Waals surface area contributed by atoms with E-state index >= 15 is 0 Å². The number of hydrogen-bond donors (Lipinski definition) is 1. The summed E-state index contributed by atoms with van der Waals surface area (Å²) in [4.78, 5) is 30.5. The van der Waals surface area contributed by atoms with Crippen LogP contribution < -0.4 is 19.9 Å². The van der Waals surface area contributed by atoms with Crippen LogP contribution in [0.3, 0.4) is 0 Å². The van der Waals surface area contributed by atoms with E-state index in [1.54, 1.807) is 36.4 Å². The lowest BCUT2D eigenvalue weighted by Crippen LogP contribution is -2.32. The van der Waals surface area contributed by atoms with Gasteiger partial charge in [0.2, 0.25) is 0 Å². The molecule has 0 bridgehead atoms. The highest BCUT2D eigenvalue weighted by molar-refractivity contribution is 6.46. The Morgan fingerprint density at radius 2 is 1.67 bits per heavy atom. The van der Waals surface area contributed by atoms with Crippen molar-refractivity contribution in [1.29, 1.82) is 0 Å². The van der Waals surface area contributed by atoms with Crippen LogP contribution in [0.25, 0.3) is 5.57 Å². The van der Waals surface area contributed by atoms with Gasteiger partial charge in [-0.25, -0.2) is 4.90 Å². The molecule has 0 saturated heterocycles. The number of methoxy groups -OCH3 is 1. The molecule has 2 amide bonds. The zero-order valence-electron chi connectivity index (χ0n) is 18.8. The standard InChI is InChI=1S/C26H24ClN3O3/c1-16-20(27)12-8-13-21(16)28-24-23(19-11-5-6-14-22(19)33-4)25(31)30(26(24)32)18-10-7-9-17(15-18)29(2)3/h5-15,28H,1-4H3. The minimum atomic E-state index is -0.448. The lowest BCUT2D eigenvalue weighted by Gasteiger charge is -2.19. The summed E-state index contributed by atoms with van der Waals surface area (Å²) in [6, 6.07) is 19.8. The van der Waals surface area contributed by atoms with Gasteiger partial charge in [0, 0.05) is 36.1 Å². The largest absolute Gasteiger partial charge is 0.496 e. The molecule has 6 nitrogen and oxygen atoms in total. The molecule has 0 aliphatic carbocycles. The smallest absolute Gasteiger partial charge is 0.282 e. The van der Waals surface area contributed by atoms with Crippen LogP contribution in [0.4, 0.5) is 17.1 Å². The van der Waals surface area contributed by atoms with Crippen LogP contribution in [0.5, 0.6) is 5.75 Å². The van der Waals surface area contributed by atoms with Crippen molar-refractivity contribution in [1.82, 2.24) is 0 Å². The van der Waals surface area contributed by atoms with Crippen LogP contribution in [-0.2, 0) is 9.59 Å². The molecule has 0 fully saturated rings. The number of carbonyl (C=O) groups is 2. The van der Waals surface area contributed by atoms with Crippen LogP contribution in [0.1, 0.15) is 11.1 Å². The zero-order chi connectivity index (χ0) is 23.7. The van der Waals surface area contributed by atoms with E-state index in [1.807, 2.05) is 56.3 Å². The molecule has 3 aromatic rings. The van der Waals surface area contributed by atoms with Crippen molar-refractivity contribution in [3.05, 3.63) is 88.6 Å². The fourth-order valence-corrected chi connectivity index (χ4v) is 3.94. The Bertz CT molecular complexity index is 1280. The second-order valence-corrected chi connectivity index (χ2v) is 8.25. The van der Waals surface area contributed by atoms with Gasteiger partial charge in [0.15, 0.2) is 0 Å². The molecule has 33 heavy (non-hydrogen) atoms. The maximum absolute atomic E-state index is 13.7. The minimum absolute atomic E-state index is 0.171. The normalized spacial score (nSPS) is 13.5. The SMILES string of the molecule is COc1ccccc1C1=C(Nc2cccc(Cl)c2C)C(=O)N(c2cccc(N(C)C)c2)C1=O. The lowest BCUT2D eigenvalue weighted by atomic mass is 10.0. The van der Waals surface area contributed by atoms with Crippen LogP contribution >= 0.6 is 11.6 Å². The van der Waals surface area contributed by atoms with Gasteiger partial charge in [-0.2, -0.15) is 0 Å². The topological polar surface area (TPSA) is 61.9 Å². The van der Waals surface area contributed by atoms with Crippen LogP contribution in [-0.4, -0.2) is 33.0 Å². The van der Waals surface area contributed by atoms with Gasteiger partial charge in [0.1, 0.15) is 11.4 Å². The summed E-state index contributed by atoms with van der Waals surface area (Å²) in [5.41, 5.74) is 3.74. The summed E-state index contributed by atoms with van der Waals surface area (Å²) in [5.74, 6) is -0.376. The first-order chi connectivity index (χ1) is 15.8. The Morgan fingerprint density at radius 1 is 0.939 bits per heavy atom. The molecule has 0 saturated carbocycles. The van der Waals surface area contributed by atoms with Crippen LogP contribution in [0.2, 0.25) is 5.02 Å². The number of halogens is 1. The molecule has 4 rings (SSSR count). The number of anilines is 3. The molecule has 3 aromatic carbocycles. The number of ether oxygens (including phenoxy) is 1. The third-order valence-corrected chi connectivity index (χ3v) is 6.00. The highest BCUT2D eigenvalue weighted by Crippen LogP contribution is 2.38. The van der Waals surface area contributed by atoms with Gasteiger partial charge in [-0.15, -0.1) is 0 Å². The predicted molar refractivity (Wildman–Crippen MR) is 133 cm³/mol. The molecule has 0 unspecified atom stereocenters. The zero-order valence-corrected chi connectivity index (χ0v) is 19.6. The van der Waals surface area contributed by atoms with Crippen molar-refractivity contribution in [2.45, 2.75) is 6.92 Å². The quantitative estimate of drug-likeness (QED) is 0.516. The second kappa shape index (κ2) is 9.00. The average Bonchev–Trinajstić information content (AvgIpc) is 3.05. The summed E-state index contributed by atoms with van der Waals surface area (Å²) < 4.78 is 5.50. The van der Waals surface area contributed by atoms with E-state index in [9.17, 15) is 9.59 Å². The van der Waals surface area contributed by atoms with Gasteiger partial charge in [-0.3, -0.25) is 9.59 Å². The molecule has 0 spiro atoms. The third-order valence-electron chi connectivity index (χ3n) is 5.59. The Labute approximate surface area is 198 Å². The summed E-state index contributed by atoms with van der Waals surface area (Å²) in [6.45, 7) is 1.85. The summed E-state index contributed by atoms with van der Waals surface area (Å²) >= 11 is 6.29. The minimum Gasteiger partial charge on any atom is -0.496 e. The number of rotatable bonds is 6. The predicted octanol–water partition coefficient (Wildman–Crippen LogP) is 5.12. The van der Waals surface area contributed by atoms with Gasteiger partial charge >= 0.3 is 0 Å². The Hall–Kier alpha value is -3.77. The van der Waals surface area contributed by atoms with E-state index in [0.717, 1.165) is 11.3 Å². The summed E-state index contributed by atoms with van der Waals surface area (Å²) in [6.07, 6.45) is 0. The van der Waals surface area contributed by atoms with Crippen molar-refractivity contribution >= 4 is 46.1 Å². The maximum atomic E-state index is 13.7. The highest BCUT2D eigenvalue weighted by Gasteiger charge is 2.41. The Balaban J connectivity index is 1.88. The van der Waals surface area contributed by atoms with Gasteiger partial charge in [0.25, 0.3) is 11.8 Å². The fourth-order valence-electron chi connectivity index (χ4n) is 3.77. The van der Waals surface area contributed by atoms with Crippen LogP contribution in [0, 0.1) is 6.92 Å². The average molecular weight is 462 g/mol. The van der Waals surface area contributed by atoms with E-state index in [0.29, 0.717) is 27.7 Å². The van der Waals surface area contributed by atoms with Gasteiger partial charge in [0.05, 0.1) is 18.4 Å². The summed E-state index contributed by atoms with van der Waals surface area (Å²) in [7, 11) is 5.34. The molecule has 1 aliphatic heterocycles. The summed E-state index contributed by atoms with van der Waals surface area (Å²) in [5, 5.41) is 3.75. The Morgan fingerprint density at radius 3 is 2.39 bits per heavy atom. The van der Waals surface area contributed by atoms with Crippen molar-refractivity contribution in [3.8, 4) is 5.75 Å².